The van der Waals surface area contributed by atoms with E-state index in [0.29, 0.717) is 18.6 Å². The van der Waals surface area contributed by atoms with Crippen molar-refractivity contribution >= 4 is 17.3 Å². The highest BCUT2D eigenvalue weighted by atomic mass is 16.2. The molecule has 0 aromatic carbocycles. The fourth-order valence-electron chi connectivity index (χ4n) is 4.36. The van der Waals surface area contributed by atoms with E-state index in [9.17, 15) is 14.4 Å². The molecule has 3 nitrogen and oxygen atoms in total. The zero-order valence-corrected chi connectivity index (χ0v) is 22.9. The molecule has 0 aliphatic heterocycles. The van der Waals surface area contributed by atoms with Crippen LogP contribution in [0, 0.1) is 0 Å². The van der Waals surface area contributed by atoms with Crippen molar-refractivity contribution in [2.45, 2.75) is 168 Å². The summed E-state index contributed by atoms with van der Waals surface area (Å²) in [4.78, 5) is 34.0. The van der Waals surface area contributed by atoms with Crippen LogP contribution in [0.5, 0.6) is 0 Å². The summed E-state index contributed by atoms with van der Waals surface area (Å²) in [7, 11) is 0. The van der Waals surface area contributed by atoms with Crippen molar-refractivity contribution in [1.29, 1.82) is 0 Å². The molecule has 0 atom stereocenters. The molecule has 3 heteroatoms. The summed E-state index contributed by atoms with van der Waals surface area (Å²) in [5, 5.41) is 0. The van der Waals surface area contributed by atoms with Crippen molar-refractivity contribution in [2.75, 3.05) is 0 Å². The first-order valence-corrected chi connectivity index (χ1v) is 14.8. The molecule has 198 valence electrons. The van der Waals surface area contributed by atoms with Crippen LogP contribution in [0.25, 0.3) is 0 Å². The van der Waals surface area contributed by atoms with Gasteiger partial charge in [-0.1, -0.05) is 109 Å². The van der Waals surface area contributed by atoms with Gasteiger partial charge in [-0.15, -0.1) is 0 Å². The van der Waals surface area contributed by atoms with Gasteiger partial charge in [-0.3, -0.25) is 14.4 Å². The molecule has 0 radical (unpaired) electrons. The average molecular weight is 477 g/mol. The maximum Gasteiger partial charge on any atom is 0.198 e. The Balaban J connectivity index is 3.25. The molecule has 0 N–H and O–H groups in total. The SMILES string of the molecule is CCCCCCCCC/C=C/CCCCCCCCCCC(=O)CCCCCCC(=O)C(C)=O. The van der Waals surface area contributed by atoms with Crippen molar-refractivity contribution in [1.82, 2.24) is 0 Å². The summed E-state index contributed by atoms with van der Waals surface area (Å²) in [6.45, 7) is 3.61. The molecular weight excluding hydrogens is 420 g/mol. The van der Waals surface area contributed by atoms with Crippen molar-refractivity contribution < 1.29 is 14.4 Å². The number of carbonyl (C=O) groups is 3. The molecule has 0 aliphatic rings. The molecular formula is C31H56O3. The largest absolute Gasteiger partial charge is 0.300 e. The van der Waals surface area contributed by atoms with E-state index in [0.717, 1.165) is 38.5 Å². The van der Waals surface area contributed by atoms with E-state index in [1.807, 2.05) is 0 Å². The molecule has 0 saturated heterocycles. The molecule has 0 aliphatic carbocycles. The Morgan fingerprint density at radius 3 is 1.24 bits per heavy atom. The fraction of sp³-hybridized carbons (Fsp3) is 0.839. The Bertz CT molecular complexity index is 521. The van der Waals surface area contributed by atoms with Gasteiger partial charge in [-0.05, 0) is 44.9 Å². The molecule has 0 heterocycles. The second kappa shape index (κ2) is 26.4. The predicted molar refractivity (Wildman–Crippen MR) is 146 cm³/mol. The van der Waals surface area contributed by atoms with Crippen molar-refractivity contribution in [3.63, 3.8) is 0 Å². The Labute approximate surface area is 211 Å². The Morgan fingerprint density at radius 1 is 0.471 bits per heavy atom. The summed E-state index contributed by atoms with van der Waals surface area (Å²) in [6, 6.07) is 0. The average Bonchev–Trinajstić information content (AvgIpc) is 2.82. The molecule has 0 amide bonds. The normalized spacial score (nSPS) is 11.4. The van der Waals surface area contributed by atoms with Gasteiger partial charge in [0, 0.05) is 26.2 Å². The molecule has 34 heavy (non-hydrogen) atoms. The molecule has 0 aromatic heterocycles. The monoisotopic (exact) mass is 476 g/mol. The molecule has 0 saturated carbocycles. The third-order valence-corrected chi connectivity index (χ3v) is 6.72. The van der Waals surface area contributed by atoms with E-state index in [-0.39, 0.29) is 11.6 Å². The maximum absolute atomic E-state index is 12.0. The van der Waals surface area contributed by atoms with Crippen LogP contribution in [0.2, 0.25) is 0 Å². The number of hydrogen-bond donors (Lipinski definition) is 0. The minimum Gasteiger partial charge on any atom is -0.300 e. The minimum atomic E-state index is -0.341. The lowest BCUT2D eigenvalue weighted by Gasteiger charge is -2.03. The lowest BCUT2D eigenvalue weighted by atomic mass is 10.0. The molecule has 0 rings (SSSR count). The summed E-state index contributed by atoms with van der Waals surface area (Å²) < 4.78 is 0. The predicted octanol–water partition coefficient (Wildman–Crippen LogP) is 9.65. The van der Waals surface area contributed by atoms with E-state index in [2.05, 4.69) is 19.1 Å². The maximum atomic E-state index is 12.0. The van der Waals surface area contributed by atoms with Gasteiger partial charge in [0.25, 0.3) is 0 Å². The van der Waals surface area contributed by atoms with Crippen LogP contribution in [0.15, 0.2) is 12.2 Å². The lowest BCUT2D eigenvalue weighted by Crippen LogP contribution is -2.08. The smallest absolute Gasteiger partial charge is 0.198 e. The quantitative estimate of drug-likeness (QED) is 0.0673. The summed E-state index contributed by atoms with van der Waals surface area (Å²) in [5.41, 5.74) is 0. The highest BCUT2D eigenvalue weighted by Gasteiger charge is 2.07. The standard InChI is InChI=1S/C31H56O3/c1-3-4-5-6-7-8-9-10-11-12-13-14-15-16-17-18-19-20-23-26-30(33)27-24-21-22-25-28-31(34)29(2)32/h11-12H,3-10,13-28H2,1-2H3/b12-11+. The van der Waals surface area contributed by atoms with Crippen LogP contribution in [0.4, 0.5) is 0 Å². The number of ketones is 3. The molecule has 0 unspecified atom stereocenters. The van der Waals surface area contributed by atoms with Crippen LogP contribution in [-0.2, 0) is 14.4 Å². The van der Waals surface area contributed by atoms with Crippen LogP contribution in [0.3, 0.4) is 0 Å². The second-order valence-electron chi connectivity index (χ2n) is 10.2. The first kappa shape index (κ1) is 32.8. The van der Waals surface area contributed by atoms with E-state index in [1.54, 1.807) is 0 Å². The zero-order chi connectivity index (χ0) is 25.1. The fourth-order valence-corrected chi connectivity index (χ4v) is 4.36. The van der Waals surface area contributed by atoms with Gasteiger partial charge < -0.3 is 0 Å². The van der Waals surface area contributed by atoms with Crippen molar-refractivity contribution in [3.05, 3.63) is 12.2 Å². The molecule has 0 bridgehead atoms. The Kier molecular flexibility index (Phi) is 25.4. The van der Waals surface area contributed by atoms with E-state index < -0.39 is 0 Å². The highest BCUT2D eigenvalue weighted by Crippen LogP contribution is 2.13. The molecule has 0 fully saturated rings. The van der Waals surface area contributed by atoms with Gasteiger partial charge in [0.15, 0.2) is 11.6 Å². The first-order valence-electron chi connectivity index (χ1n) is 14.8. The minimum absolute atomic E-state index is 0.266. The van der Waals surface area contributed by atoms with Gasteiger partial charge in [-0.2, -0.15) is 0 Å². The number of hydrogen-bond acceptors (Lipinski definition) is 3. The van der Waals surface area contributed by atoms with Crippen LogP contribution >= 0.6 is 0 Å². The first-order chi connectivity index (χ1) is 16.6. The van der Waals surface area contributed by atoms with E-state index >= 15 is 0 Å². The van der Waals surface area contributed by atoms with Crippen LogP contribution < -0.4 is 0 Å². The Hall–Kier alpha value is -1.25. The third-order valence-electron chi connectivity index (χ3n) is 6.72. The number of Topliss-reactive ketones (excluding diaryl/α,β-unsaturated/α-hetero) is 3. The highest BCUT2D eigenvalue weighted by molar-refractivity contribution is 6.36. The van der Waals surface area contributed by atoms with Crippen molar-refractivity contribution in [2.24, 2.45) is 0 Å². The van der Waals surface area contributed by atoms with Gasteiger partial charge >= 0.3 is 0 Å². The van der Waals surface area contributed by atoms with E-state index in [4.69, 9.17) is 0 Å². The van der Waals surface area contributed by atoms with Crippen LogP contribution in [-0.4, -0.2) is 17.3 Å². The second-order valence-corrected chi connectivity index (χ2v) is 10.2. The van der Waals surface area contributed by atoms with Gasteiger partial charge in [0.1, 0.15) is 5.78 Å². The topological polar surface area (TPSA) is 51.2 Å². The van der Waals surface area contributed by atoms with Crippen molar-refractivity contribution in [3.8, 4) is 0 Å². The van der Waals surface area contributed by atoms with Crippen LogP contribution in [0.1, 0.15) is 168 Å². The van der Waals surface area contributed by atoms with E-state index in [1.165, 1.54) is 110 Å². The summed E-state index contributed by atoms with van der Waals surface area (Å²) >= 11 is 0. The van der Waals surface area contributed by atoms with Gasteiger partial charge in [0.2, 0.25) is 0 Å². The van der Waals surface area contributed by atoms with Gasteiger partial charge in [-0.25, -0.2) is 0 Å². The molecule has 0 aromatic rings. The summed E-state index contributed by atoms with van der Waals surface area (Å²) in [6.07, 6.45) is 32.6. The zero-order valence-electron chi connectivity index (χ0n) is 22.9. The Morgan fingerprint density at radius 2 is 0.824 bits per heavy atom. The number of rotatable bonds is 27. The number of carbonyl (C=O) groups excluding carboxylic acids is 3. The van der Waals surface area contributed by atoms with Gasteiger partial charge in [0.05, 0.1) is 0 Å². The lowest BCUT2D eigenvalue weighted by molar-refractivity contribution is -0.135. The summed E-state index contributed by atoms with van der Waals surface area (Å²) in [5.74, 6) is -0.218. The number of allylic oxidation sites excluding steroid dienone is 2. The molecule has 0 spiro atoms. The third kappa shape index (κ3) is 25.4. The number of unbranched alkanes of at least 4 members (excludes halogenated alkanes) is 18.